The number of aromatic nitrogens is 2. The molecule has 1 N–H and O–H groups in total. The standard InChI is InChI=1S/C14H21N3OS/c1-6-10-16-17-13(19-10)15-12(18)11-9(7-8(2)3)14(11,4)5/h7,9,11H,6H2,1-5H3,(H,15,17,18)/t9-,11+/m0/s1. The summed E-state index contributed by atoms with van der Waals surface area (Å²) in [5, 5.41) is 12.5. The van der Waals surface area contributed by atoms with Crippen LogP contribution in [0.3, 0.4) is 0 Å². The highest BCUT2D eigenvalue weighted by molar-refractivity contribution is 7.15. The summed E-state index contributed by atoms with van der Waals surface area (Å²) in [6.45, 7) is 10.4. The molecular formula is C14H21N3OS. The minimum atomic E-state index is 0.0383. The number of nitrogens with one attached hydrogen (secondary N) is 1. The Kier molecular flexibility index (Phi) is 3.76. The molecule has 0 aliphatic heterocycles. The molecule has 0 aromatic carbocycles. The Balaban J connectivity index is 2.03. The third-order valence-corrected chi connectivity index (χ3v) is 4.69. The monoisotopic (exact) mass is 279 g/mol. The lowest BCUT2D eigenvalue weighted by molar-refractivity contribution is -0.118. The van der Waals surface area contributed by atoms with Crippen LogP contribution in [0.25, 0.3) is 0 Å². The molecule has 19 heavy (non-hydrogen) atoms. The van der Waals surface area contributed by atoms with E-state index in [0.29, 0.717) is 11.0 Å². The molecular weight excluding hydrogens is 258 g/mol. The maximum atomic E-state index is 12.3. The third-order valence-electron chi connectivity index (χ3n) is 3.71. The van der Waals surface area contributed by atoms with Crippen LogP contribution in [0.1, 0.15) is 39.6 Å². The van der Waals surface area contributed by atoms with E-state index in [1.807, 2.05) is 6.92 Å². The van der Waals surface area contributed by atoms with Crippen LogP contribution in [0.2, 0.25) is 0 Å². The molecule has 5 heteroatoms. The number of rotatable bonds is 4. The minimum absolute atomic E-state index is 0.0383. The maximum absolute atomic E-state index is 12.3. The van der Waals surface area contributed by atoms with Crippen molar-refractivity contribution in [2.45, 2.75) is 41.0 Å². The van der Waals surface area contributed by atoms with Gasteiger partial charge in [0.05, 0.1) is 5.92 Å². The van der Waals surface area contributed by atoms with Crippen molar-refractivity contribution in [3.63, 3.8) is 0 Å². The van der Waals surface area contributed by atoms with Gasteiger partial charge in [0.2, 0.25) is 11.0 Å². The number of allylic oxidation sites excluding steroid dienone is 2. The van der Waals surface area contributed by atoms with Crippen LogP contribution in [0.5, 0.6) is 0 Å². The molecule has 2 rings (SSSR count). The Morgan fingerprint density at radius 3 is 2.63 bits per heavy atom. The maximum Gasteiger partial charge on any atom is 0.230 e. The summed E-state index contributed by atoms with van der Waals surface area (Å²) in [6.07, 6.45) is 3.05. The lowest BCUT2D eigenvalue weighted by atomic mass is 10.1. The molecule has 1 aromatic rings. The average Bonchev–Trinajstić information content (AvgIpc) is 2.70. The van der Waals surface area contributed by atoms with Crippen molar-refractivity contribution >= 4 is 22.4 Å². The molecule has 1 fully saturated rings. The van der Waals surface area contributed by atoms with Crippen LogP contribution in [0, 0.1) is 17.3 Å². The number of hydrogen-bond donors (Lipinski definition) is 1. The number of carbonyl (C=O) groups excluding carboxylic acids is 1. The first-order valence-corrected chi connectivity index (χ1v) is 7.46. The molecule has 1 aromatic heterocycles. The van der Waals surface area contributed by atoms with Crippen molar-refractivity contribution in [3.8, 4) is 0 Å². The molecule has 1 amide bonds. The van der Waals surface area contributed by atoms with Crippen molar-refractivity contribution in [1.29, 1.82) is 0 Å². The van der Waals surface area contributed by atoms with Gasteiger partial charge in [0.25, 0.3) is 0 Å². The molecule has 0 spiro atoms. The fraction of sp³-hybridized carbons (Fsp3) is 0.643. The second kappa shape index (κ2) is 5.04. The first-order chi connectivity index (χ1) is 8.86. The molecule has 0 radical (unpaired) electrons. The van der Waals surface area contributed by atoms with Crippen molar-refractivity contribution < 1.29 is 4.79 Å². The van der Waals surface area contributed by atoms with Crippen molar-refractivity contribution in [3.05, 3.63) is 16.7 Å². The van der Waals surface area contributed by atoms with Crippen molar-refractivity contribution in [1.82, 2.24) is 10.2 Å². The Bertz CT molecular complexity index is 515. The van der Waals surface area contributed by atoms with Crippen LogP contribution in [0.4, 0.5) is 5.13 Å². The summed E-state index contributed by atoms with van der Waals surface area (Å²) >= 11 is 1.45. The van der Waals surface area contributed by atoms with E-state index in [9.17, 15) is 4.79 Å². The van der Waals surface area contributed by atoms with E-state index in [-0.39, 0.29) is 17.2 Å². The zero-order chi connectivity index (χ0) is 14.2. The highest BCUT2D eigenvalue weighted by Crippen LogP contribution is 2.59. The fourth-order valence-corrected chi connectivity index (χ4v) is 3.16. The molecule has 1 saturated carbocycles. The van der Waals surface area contributed by atoms with Gasteiger partial charge in [0, 0.05) is 0 Å². The number of aryl methyl sites for hydroxylation is 1. The molecule has 104 valence electrons. The first-order valence-electron chi connectivity index (χ1n) is 6.64. The molecule has 0 unspecified atom stereocenters. The molecule has 1 aliphatic rings. The number of amides is 1. The largest absolute Gasteiger partial charge is 0.300 e. The Morgan fingerprint density at radius 2 is 2.11 bits per heavy atom. The van der Waals surface area contributed by atoms with Crippen LogP contribution in [-0.2, 0) is 11.2 Å². The number of hydrogen-bond acceptors (Lipinski definition) is 4. The van der Waals surface area contributed by atoms with Gasteiger partial charge in [-0.3, -0.25) is 4.79 Å². The predicted octanol–water partition coefficient (Wildman–Crippen LogP) is 3.28. The van der Waals surface area contributed by atoms with Crippen molar-refractivity contribution in [2.24, 2.45) is 17.3 Å². The molecule has 1 aliphatic carbocycles. The van der Waals surface area contributed by atoms with E-state index in [2.05, 4.69) is 49.3 Å². The summed E-state index contributed by atoms with van der Waals surface area (Å²) < 4.78 is 0. The van der Waals surface area contributed by atoms with Gasteiger partial charge >= 0.3 is 0 Å². The topological polar surface area (TPSA) is 54.9 Å². The van der Waals surface area contributed by atoms with E-state index < -0.39 is 0 Å². The molecule has 0 saturated heterocycles. The summed E-state index contributed by atoms with van der Waals surface area (Å²) in [5.74, 6) is 0.429. The summed E-state index contributed by atoms with van der Waals surface area (Å²) in [6, 6.07) is 0. The minimum Gasteiger partial charge on any atom is -0.300 e. The van der Waals surface area contributed by atoms with Crippen molar-refractivity contribution in [2.75, 3.05) is 5.32 Å². The Labute approximate surface area is 118 Å². The van der Waals surface area contributed by atoms with Gasteiger partial charge in [-0.15, -0.1) is 10.2 Å². The lowest BCUT2D eigenvalue weighted by Crippen LogP contribution is -2.16. The third kappa shape index (κ3) is 2.86. The quantitative estimate of drug-likeness (QED) is 0.861. The van der Waals surface area contributed by atoms with Crippen LogP contribution < -0.4 is 5.32 Å². The molecule has 2 atom stereocenters. The summed E-state index contributed by atoms with van der Waals surface area (Å²) in [5.41, 5.74) is 1.30. The average molecular weight is 279 g/mol. The van der Waals surface area contributed by atoms with Gasteiger partial charge in [0.1, 0.15) is 5.01 Å². The predicted molar refractivity (Wildman–Crippen MR) is 78.1 cm³/mol. The van der Waals surface area contributed by atoms with Crippen LogP contribution in [-0.4, -0.2) is 16.1 Å². The number of anilines is 1. The first kappa shape index (κ1) is 14.2. The summed E-state index contributed by atoms with van der Waals surface area (Å²) in [7, 11) is 0. The molecule has 4 nitrogen and oxygen atoms in total. The van der Waals surface area contributed by atoms with Gasteiger partial charge in [-0.05, 0) is 31.6 Å². The SMILES string of the molecule is CCc1nnc(NC(=O)[C@H]2[C@H](C=C(C)C)C2(C)C)s1. The Hall–Kier alpha value is -1.23. The second-order valence-electron chi connectivity index (χ2n) is 5.91. The highest BCUT2D eigenvalue weighted by Gasteiger charge is 2.60. The molecule has 1 heterocycles. The number of nitrogens with zero attached hydrogens (tertiary/aromatic N) is 2. The molecule has 0 bridgehead atoms. The van der Waals surface area contributed by atoms with E-state index in [1.54, 1.807) is 0 Å². The van der Waals surface area contributed by atoms with Gasteiger partial charge in [-0.1, -0.05) is 43.8 Å². The van der Waals surface area contributed by atoms with E-state index in [0.717, 1.165) is 11.4 Å². The van der Waals surface area contributed by atoms with E-state index in [1.165, 1.54) is 16.9 Å². The highest BCUT2D eigenvalue weighted by atomic mass is 32.1. The van der Waals surface area contributed by atoms with Gasteiger partial charge in [0.15, 0.2) is 0 Å². The lowest BCUT2D eigenvalue weighted by Gasteiger charge is -2.01. The van der Waals surface area contributed by atoms with Gasteiger partial charge in [-0.2, -0.15) is 0 Å². The van der Waals surface area contributed by atoms with Crippen LogP contribution in [0.15, 0.2) is 11.6 Å². The van der Waals surface area contributed by atoms with Crippen LogP contribution >= 0.6 is 11.3 Å². The fourth-order valence-electron chi connectivity index (χ4n) is 2.48. The van der Waals surface area contributed by atoms with Gasteiger partial charge in [-0.25, -0.2) is 0 Å². The normalized spacial score (nSPS) is 23.8. The van der Waals surface area contributed by atoms with E-state index >= 15 is 0 Å². The second-order valence-corrected chi connectivity index (χ2v) is 6.97. The zero-order valence-corrected chi connectivity index (χ0v) is 13.0. The zero-order valence-electron chi connectivity index (χ0n) is 12.2. The van der Waals surface area contributed by atoms with Gasteiger partial charge < -0.3 is 5.32 Å². The Morgan fingerprint density at radius 1 is 1.42 bits per heavy atom. The number of carbonyl (C=O) groups is 1. The smallest absolute Gasteiger partial charge is 0.230 e. The van der Waals surface area contributed by atoms with E-state index in [4.69, 9.17) is 0 Å². The summed E-state index contributed by atoms with van der Waals surface area (Å²) in [4.78, 5) is 12.3.